The average molecular weight is 710 g/mol. The standard InChI is InChI=1S/C26H18F6N2O5.C6H7NO4/c1-3-5-15-16(6-4-2)24(39-21(15)35)17-9-7-13(33-22(36)25(27,28)29)11-19(17)38-20-12-14(8-10-18(20)24)34-23(37)26(30,31)32;1-4(8)11-7-5(9)2-3-6(7)10/h3-12H,1-2H3,(H,33,36)(H,34,37);2-3H2,1H3/b5-3-,6-4-;. The number of fused-ring (bicyclic) bond motifs is 4. The van der Waals surface area contributed by atoms with Crippen LogP contribution >= 0.6 is 0 Å². The van der Waals surface area contributed by atoms with Crippen molar-refractivity contribution in [3.63, 3.8) is 0 Å². The Hall–Kier alpha value is -5.94. The molecule has 1 saturated heterocycles. The van der Waals surface area contributed by atoms with Crippen molar-refractivity contribution in [1.82, 2.24) is 5.06 Å². The summed E-state index contributed by atoms with van der Waals surface area (Å²) in [5.74, 6) is -7.12. The van der Waals surface area contributed by atoms with Crippen molar-refractivity contribution in [2.45, 2.75) is 51.6 Å². The Balaban J connectivity index is 0.000000435. The molecule has 12 nitrogen and oxygen atoms in total. The largest absolute Gasteiger partial charge is 0.471 e. The molecule has 0 aromatic heterocycles. The van der Waals surface area contributed by atoms with Crippen molar-refractivity contribution in [1.29, 1.82) is 0 Å². The van der Waals surface area contributed by atoms with Crippen LogP contribution in [0.2, 0.25) is 0 Å². The number of nitrogens with one attached hydrogen (secondary N) is 2. The number of imide groups is 1. The third kappa shape index (κ3) is 7.37. The smallest absolute Gasteiger partial charge is 0.456 e. The van der Waals surface area contributed by atoms with Crippen LogP contribution in [0.25, 0.3) is 0 Å². The lowest BCUT2D eigenvalue weighted by atomic mass is 9.76. The second-order valence-corrected chi connectivity index (χ2v) is 10.5. The van der Waals surface area contributed by atoms with E-state index in [-0.39, 0.29) is 52.4 Å². The molecule has 1 fully saturated rings. The van der Waals surface area contributed by atoms with E-state index >= 15 is 0 Å². The number of benzene rings is 2. The first-order chi connectivity index (χ1) is 23.3. The minimum atomic E-state index is -5.18. The fourth-order valence-electron chi connectivity index (χ4n) is 5.05. The zero-order valence-corrected chi connectivity index (χ0v) is 26.1. The maximum Gasteiger partial charge on any atom is 0.471 e. The summed E-state index contributed by atoms with van der Waals surface area (Å²) in [5.41, 5.74) is -1.53. The third-order valence-electron chi connectivity index (χ3n) is 7.00. The zero-order valence-electron chi connectivity index (χ0n) is 26.1. The Bertz CT molecular complexity index is 1790. The van der Waals surface area contributed by atoms with Crippen molar-refractivity contribution in [3.8, 4) is 11.5 Å². The maximum absolute atomic E-state index is 13.0. The van der Waals surface area contributed by atoms with Crippen LogP contribution in [0.5, 0.6) is 11.5 Å². The van der Waals surface area contributed by atoms with Crippen LogP contribution in [0.4, 0.5) is 37.7 Å². The van der Waals surface area contributed by atoms with Gasteiger partial charge in [-0.05, 0) is 38.1 Å². The molecule has 2 aromatic carbocycles. The molecule has 0 saturated carbocycles. The normalized spacial score (nSPS) is 16.5. The summed E-state index contributed by atoms with van der Waals surface area (Å²) >= 11 is 0. The van der Waals surface area contributed by atoms with E-state index in [2.05, 4.69) is 4.84 Å². The highest BCUT2D eigenvalue weighted by molar-refractivity contribution is 6.02. The summed E-state index contributed by atoms with van der Waals surface area (Å²) < 4.78 is 88.5. The van der Waals surface area contributed by atoms with Gasteiger partial charge in [-0.2, -0.15) is 26.3 Å². The van der Waals surface area contributed by atoms with Crippen molar-refractivity contribution in [2.24, 2.45) is 0 Å². The molecule has 18 heteroatoms. The van der Waals surface area contributed by atoms with E-state index in [1.54, 1.807) is 42.7 Å². The van der Waals surface area contributed by atoms with Gasteiger partial charge in [0.25, 0.3) is 11.8 Å². The molecule has 2 N–H and O–H groups in total. The molecule has 5 rings (SSSR count). The lowest BCUT2D eigenvalue weighted by Gasteiger charge is -2.37. The first-order valence-electron chi connectivity index (χ1n) is 14.3. The van der Waals surface area contributed by atoms with Gasteiger partial charge in [0.15, 0.2) is 5.60 Å². The minimum Gasteiger partial charge on any atom is -0.456 e. The first kappa shape index (κ1) is 36.9. The second-order valence-electron chi connectivity index (χ2n) is 10.5. The van der Waals surface area contributed by atoms with Gasteiger partial charge < -0.3 is 24.9 Å². The van der Waals surface area contributed by atoms with Gasteiger partial charge in [-0.15, -0.1) is 5.06 Å². The summed E-state index contributed by atoms with van der Waals surface area (Å²) in [4.78, 5) is 72.1. The van der Waals surface area contributed by atoms with Crippen molar-refractivity contribution >= 4 is 46.9 Å². The number of hydrogen-bond donors (Lipinski definition) is 2. The summed E-state index contributed by atoms with van der Waals surface area (Å²) in [6, 6.07) is 7.04. The average Bonchev–Trinajstić information content (AvgIpc) is 3.47. The molecule has 0 bridgehead atoms. The molecule has 50 heavy (non-hydrogen) atoms. The van der Waals surface area contributed by atoms with Crippen LogP contribution in [0.15, 0.2) is 71.8 Å². The molecule has 1 spiro atoms. The van der Waals surface area contributed by atoms with Crippen LogP contribution in [0.1, 0.15) is 44.7 Å². The van der Waals surface area contributed by atoms with Gasteiger partial charge in [0, 0.05) is 60.0 Å². The molecule has 3 heterocycles. The maximum atomic E-state index is 13.0. The van der Waals surface area contributed by atoms with Crippen molar-refractivity contribution in [3.05, 3.63) is 83.0 Å². The van der Waals surface area contributed by atoms with Crippen LogP contribution in [-0.4, -0.2) is 53.0 Å². The number of allylic oxidation sites excluding steroid dienone is 2. The molecule has 0 aliphatic carbocycles. The van der Waals surface area contributed by atoms with Gasteiger partial charge in [-0.1, -0.05) is 24.3 Å². The van der Waals surface area contributed by atoms with Crippen molar-refractivity contribution in [2.75, 3.05) is 10.6 Å². The SMILES string of the molecule is C/C=C\C1=C(/C=C\C)C2(OC1=O)c1ccc(NC(=O)C(F)(F)F)cc1Oc1cc(NC(=O)C(F)(F)F)ccc12.CC(=O)ON1C(=O)CCC1=O. The quantitative estimate of drug-likeness (QED) is 0.227. The molecule has 3 aliphatic rings. The minimum absolute atomic E-state index is 0.131. The fourth-order valence-corrected chi connectivity index (χ4v) is 5.05. The second kappa shape index (κ2) is 13.9. The van der Waals surface area contributed by atoms with Crippen LogP contribution in [-0.2, 0) is 43.9 Å². The number of esters is 1. The van der Waals surface area contributed by atoms with Gasteiger partial charge in [-0.25, -0.2) is 9.59 Å². The lowest BCUT2D eigenvalue weighted by Crippen LogP contribution is -2.34. The number of ether oxygens (including phenoxy) is 2. The van der Waals surface area contributed by atoms with Gasteiger partial charge in [0.2, 0.25) is 0 Å². The van der Waals surface area contributed by atoms with E-state index in [0.717, 1.165) is 31.2 Å². The molecule has 264 valence electrons. The number of carbonyl (C=O) groups is 6. The Morgan fingerprint density at radius 3 is 1.66 bits per heavy atom. The first-order valence-corrected chi connectivity index (χ1v) is 14.3. The molecule has 3 aliphatic heterocycles. The van der Waals surface area contributed by atoms with E-state index in [1.165, 1.54) is 18.2 Å². The van der Waals surface area contributed by atoms with E-state index in [9.17, 15) is 55.1 Å². The summed E-state index contributed by atoms with van der Waals surface area (Å²) in [5, 5.41) is 3.90. The number of amides is 4. The number of carbonyl (C=O) groups excluding carboxylic acids is 6. The highest BCUT2D eigenvalue weighted by atomic mass is 19.4. The number of hydroxylamine groups is 2. The number of nitrogens with zero attached hydrogens (tertiary/aromatic N) is 1. The predicted molar refractivity (Wildman–Crippen MR) is 159 cm³/mol. The van der Waals surface area contributed by atoms with Gasteiger partial charge in [0.1, 0.15) is 11.5 Å². The highest BCUT2D eigenvalue weighted by Gasteiger charge is 2.54. The molecule has 2 aromatic rings. The number of rotatable bonds is 5. The van der Waals surface area contributed by atoms with Gasteiger partial charge >= 0.3 is 36.1 Å². The predicted octanol–water partition coefficient (Wildman–Crippen LogP) is 5.66. The fraction of sp³-hybridized carbons (Fsp3) is 0.250. The Morgan fingerprint density at radius 1 is 0.800 bits per heavy atom. The zero-order chi connectivity index (χ0) is 37.2. The van der Waals surface area contributed by atoms with E-state index in [1.807, 2.05) is 0 Å². The molecule has 0 unspecified atom stereocenters. The summed E-state index contributed by atoms with van der Waals surface area (Å²) in [6.45, 7) is 4.47. The third-order valence-corrected chi connectivity index (χ3v) is 7.00. The van der Waals surface area contributed by atoms with Gasteiger partial charge in [0.05, 0.1) is 5.57 Å². The Labute approximate surface area is 278 Å². The van der Waals surface area contributed by atoms with E-state index < -0.39 is 53.5 Å². The van der Waals surface area contributed by atoms with E-state index in [0.29, 0.717) is 10.6 Å². The summed E-state index contributed by atoms with van der Waals surface area (Å²) in [7, 11) is 0. The van der Waals surface area contributed by atoms with Crippen LogP contribution in [0.3, 0.4) is 0 Å². The van der Waals surface area contributed by atoms with Crippen molar-refractivity contribution < 1.29 is 69.4 Å². The summed E-state index contributed by atoms with van der Waals surface area (Å²) in [6.07, 6.45) is -3.81. The van der Waals surface area contributed by atoms with E-state index in [4.69, 9.17) is 9.47 Å². The Morgan fingerprint density at radius 2 is 1.26 bits per heavy atom. The van der Waals surface area contributed by atoms with Gasteiger partial charge in [-0.3, -0.25) is 19.2 Å². The molecule has 0 atom stereocenters. The number of halogens is 6. The number of anilines is 2. The monoisotopic (exact) mass is 709 g/mol. The number of alkyl halides is 6. The molecular formula is C32H25F6N3O9. The molecule has 0 radical (unpaired) electrons. The van der Waals surface area contributed by atoms with Crippen LogP contribution < -0.4 is 15.4 Å². The highest BCUT2D eigenvalue weighted by Crippen LogP contribution is 2.57. The molecule has 4 amide bonds. The number of hydrogen-bond acceptors (Lipinski definition) is 9. The lowest BCUT2D eigenvalue weighted by molar-refractivity contribution is -0.195. The molecular weight excluding hydrogens is 684 g/mol. The topological polar surface area (TPSA) is 157 Å². The van der Waals surface area contributed by atoms with Crippen LogP contribution in [0, 0.1) is 0 Å². The Kier molecular flexibility index (Phi) is 10.2.